The molecule has 2 rings (SSSR count). The Morgan fingerprint density at radius 1 is 1.36 bits per heavy atom. The van der Waals surface area contributed by atoms with Gasteiger partial charge in [-0.3, -0.25) is 10.1 Å². The van der Waals surface area contributed by atoms with Gasteiger partial charge in [-0.05, 0) is 39.0 Å². The van der Waals surface area contributed by atoms with Crippen LogP contribution >= 0.6 is 15.9 Å². The summed E-state index contributed by atoms with van der Waals surface area (Å²) in [6.07, 6.45) is 1.01. The zero-order valence-electron chi connectivity index (χ0n) is 12.5. The van der Waals surface area contributed by atoms with Gasteiger partial charge in [-0.1, -0.05) is 15.9 Å². The van der Waals surface area contributed by atoms with Gasteiger partial charge in [-0.15, -0.1) is 0 Å². The number of benzene rings is 1. The predicted octanol–water partition coefficient (Wildman–Crippen LogP) is 3.84. The second-order valence-corrected chi connectivity index (χ2v) is 6.77. The molecule has 1 heterocycles. The van der Waals surface area contributed by atoms with Crippen LogP contribution in [-0.4, -0.2) is 27.3 Å². The van der Waals surface area contributed by atoms with Crippen molar-refractivity contribution in [3.8, 4) is 0 Å². The van der Waals surface area contributed by atoms with E-state index in [1.807, 2.05) is 12.1 Å². The summed E-state index contributed by atoms with van der Waals surface area (Å²) >= 11 is 3.37. The standard InChI is InChI=1S/C15H17BrN2O4/c1-15(2,3)22-14(21)17-11-7-18(8-13(19)20)12-5-4-9(16)6-10(11)12/h4-7H,8H2,1-3H3,(H,17,21)(H,19,20). The first kappa shape index (κ1) is 16.4. The van der Waals surface area contributed by atoms with Crippen molar-refractivity contribution in [1.29, 1.82) is 0 Å². The Morgan fingerprint density at radius 3 is 2.64 bits per heavy atom. The predicted molar refractivity (Wildman–Crippen MR) is 87.1 cm³/mol. The molecular weight excluding hydrogens is 352 g/mol. The fraction of sp³-hybridized carbons (Fsp3) is 0.333. The summed E-state index contributed by atoms with van der Waals surface area (Å²) in [7, 11) is 0. The van der Waals surface area contributed by atoms with Crippen molar-refractivity contribution in [2.24, 2.45) is 0 Å². The minimum Gasteiger partial charge on any atom is -0.480 e. The van der Waals surface area contributed by atoms with E-state index >= 15 is 0 Å². The van der Waals surface area contributed by atoms with E-state index in [2.05, 4.69) is 21.2 Å². The number of anilines is 1. The number of fused-ring (bicyclic) bond motifs is 1. The third-order valence-corrected chi connectivity index (χ3v) is 3.28. The fourth-order valence-electron chi connectivity index (χ4n) is 2.06. The Morgan fingerprint density at radius 2 is 2.05 bits per heavy atom. The van der Waals surface area contributed by atoms with Crippen LogP contribution in [0.15, 0.2) is 28.9 Å². The molecule has 6 nitrogen and oxygen atoms in total. The molecule has 0 saturated carbocycles. The van der Waals surface area contributed by atoms with Crippen molar-refractivity contribution in [3.05, 3.63) is 28.9 Å². The van der Waals surface area contributed by atoms with Crippen molar-refractivity contribution in [2.75, 3.05) is 5.32 Å². The summed E-state index contributed by atoms with van der Waals surface area (Å²) in [4.78, 5) is 22.9. The van der Waals surface area contributed by atoms with Crippen molar-refractivity contribution in [2.45, 2.75) is 32.9 Å². The van der Waals surface area contributed by atoms with Crippen LogP contribution in [0.2, 0.25) is 0 Å². The van der Waals surface area contributed by atoms with E-state index in [4.69, 9.17) is 9.84 Å². The van der Waals surface area contributed by atoms with Gasteiger partial charge in [0.05, 0.1) is 11.2 Å². The zero-order chi connectivity index (χ0) is 16.5. The molecule has 0 saturated heterocycles. The van der Waals surface area contributed by atoms with Gasteiger partial charge in [0.25, 0.3) is 0 Å². The third-order valence-electron chi connectivity index (χ3n) is 2.78. The Labute approximate surface area is 136 Å². The van der Waals surface area contributed by atoms with Gasteiger partial charge >= 0.3 is 12.1 Å². The number of aliphatic carboxylic acids is 1. The molecule has 0 aliphatic heterocycles. The molecule has 118 valence electrons. The largest absolute Gasteiger partial charge is 0.480 e. The normalized spacial score (nSPS) is 11.5. The van der Waals surface area contributed by atoms with Crippen LogP contribution in [-0.2, 0) is 16.1 Å². The number of carboxylic acids is 1. The molecule has 0 fully saturated rings. The quantitative estimate of drug-likeness (QED) is 0.862. The molecule has 0 aliphatic rings. The maximum atomic E-state index is 11.9. The Kier molecular flexibility index (Phi) is 4.46. The molecular formula is C15H17BrN2O4. The lowest BCUT2D eigenvalue weighted by molar-refractivity contribution is -0.137. The summed E-state index contributed by atoms with van der Waals surface area (Å²) in [5, 5.41) is 12.4. The first-order chi connectivity index (χ1) is 10.2. The average Bonchev–Trinajstić information content (AvgIpc) is 2.63. The number of amides is 1. The minimum absolute atomic E-state index is 0.186. The summed E-state index contributed by atoms with van der Waals surface area (Å²) in [5.74, 6) is -0.955. The molecule has 0 bridgehead atoms. The summed E-state index contributed by atoms with van der Waals surface area (Å²) in [6.45, 7) is 5.14. The first-order valence-electron chi connectivity index (χ1n) is 6.66. The molecule has 0 radical (unpaired) electrons. The van der Waals surface area contributed by atoms with E-state index in [-0.39, 0.29) is 6.54 Å². The molecule has 1 aromatic carbocycles. The number of halogens is 1. The van der Waals surface area contributed by atoms with Crippen LogP contribution in [0.5, 0.6) is 0 Å². The van der Waals surface area contributed by atoms with E-state index in [1.165, 1.54) is 0 Å². The van der Waals surface area contributed by atoms with E-state index in [0.29, 0.717) is 5.69 Å². The monoisotopic (exact) mass is 368 g/mol. The number of carbonyl (C=O) groups is 2. The SMILES string of the molecule is CC(C)(C)OC(=O)Nc1cn(CC(=O)O)c2ccc(Br)cc12. The molecule has 7 heteroatoms. The number of hydrogen-bond acceptors (Lipinski definition) is 3. The highest BCUT2D eigenvalue weighted by atomic mass is 79.9. The molecule has 2 aromatic rings. The molecule has 2 N–H and O–H groups in total. The molecule has 0 aliphatic carbocycles. The lowest BCUT2D eigenvalue weighted by Gasteiger charge is -2.19. The number of hydrogen-bond donors (Lipinski definition) is 2. The van der Waals surface area contributed by atoms with Crippen molar-refractivity contribution in [3.63, 3.8) is 0 Å². The van der Waals surface area contributed by atoms with Crippen LogP contribution < -0.4 is 5.32 Å². The van der Waals surface area contributed by atoms with Gasteiger partial charge in [-0.2, -0.15) is 0 Å². The van der Waals surface area contributed by atoms with Crippen LogP contribution in [0.4, 0.5) is 10.5 Å². The number of nitrogens with zero attached hydrogens (tertiary/aromatic N) is 1. The van der Waals surface area contributed by atoms with Crippen LogP contribution in [0.3, 0.4) is 0 Å². The van der Waals surface area contributed by atoms with Gasteiger partial charge < -0.3 is 14.4 Å². The average molecular weight is 369 g/mol. The highest BCUT2D eigenvalue weighted by Gasteiger charge is 2.18. The second-order valence-electron chi connectivity index (χ2n) is 5.85. The molecule has 0 atom stereocenters. The smallest absolute Gasteiger partial charge is 0.412 e. The topological polar surface area (TPSA) is 80.6 Å². The lowest BCUT2D eigenvalue weighted by Crippen LogP contribution is -2.27. The first-order valence-corrected chi connectivity index (χ1v) is 7.45. The van der Waals surface area contributed by atoms with Crippen molar-refractivity contribution < 1.29 is 19.4 Å². The van der Waals surface area contributed by atoms with E-state index in [1.54, 1.807) is 37.6 Å². The van der Waals surface area contributed by atoms with E-state index < -0.39 is 17.7 Å². The molecule has 0 spiro atoms. The highest BCUT2D eigenvalue weighted by Crippen LogP contribution is 2.29. The second kappa shape index (κ2) is 6.00. The number of ether oxygens (including phenoxy) is 1. The molecule has 1 aromatic heterocycles. The molecule has 22 heavy (non-hydrogen) atoms. The highest BCUT2D eigenvalue weighted by molar-refractivity contribution is 9.10. The summed E-state index contributed by atoms with van der Waals surface area (Å²) in [5.41, 5.74) is 0.618. The number of rotatable bonds is 3. The van der Waals surface area contributed by atoms with Crippen molar-refractivity contribution >= 4 is 44.6 Å². The Hall–Kier alpha value is -2.02. The van der Waals surface area contributed by atoms with Gasteiger partial charge in [0.1, 0.15) is 12.1 Å². The van der Waals surface area contributed by atoms with Crippen LogP contribution in [0.1, 0.15) is 20.8 Å². The number of carboxylic acid groups (broad SMARTS) is 1. The minimum atomic E-state index is -0.955. The Balaban J connectivity index is 2.38. The Bertz CT molecular complexity index is 731. The lowest BCUT2D eigenvalue weighted by atomic mass is 10.2. The van der Waals surface area contributed by atoms with Gasteiger partial charge in [0.15, 0.2) is 0 Å². The number of nitrogens with one attached hydrogen (secondary N) is 1. The zero-order valence-corrected chi connectivity index (χ0v) is 14.1. The van der Waals surface area contributed by atoms with Crippen molar-refractivity contribution in [1.82, 2.24) is 4.57 Å². The third kappa shape index (κ3) is 4.00. The van der Waals surface area contributed by atoms with E-state index in [0.717, 1.165) is 15.4 Å². The molecule has 0 unspecified atom stereocenters. The van der Waals surface area contributed by atoms with Gasteiger partial charge in [0.2, 0.25) is 0 Å². The maximum absolute atomic E-state index is 11.9. The van der Waals surface area contributed by atoms with Crippen LogP contribution in [0, 0.1) is 0 Å². The number of carbonyl (C=O) groups excluding carboxylic acids is 1. The van der Waals surface area contributed by atoms with Crippen LogP contribution in [0.25, 0.3) is 10.9 Å². The van der Waals surface area contributed by atoms with E-state index in [9.17, 15) is 9.59 Å². The molecule has 1 amide bonds. The van der Waals surface area contributed by atoms with Gasteiger partial charge in [-0.25, -0.2) is 4.79 Å². The number of aromatic nitrogens is 1. The maximum Gasteiger partial charge on any atom is 0.412 e. The fourth-order valence-corrected chi connectivity index (χ4v) is 2.42. The summed E-state index contributed by atoms with van der Waals surface area (Å²) < 4.78 is 7.62. The van der Waals surface area contributed by atoms with Gasteiger partial charge in [0, 0.05) is 16.1 Å². The summed E-state index contributed by atoms with van der Waals surface area (Å²) in [6, 6.07) is 5.43.